The summed E-state index contributed by atoms with van der Waals surface area (Å²) in [7, 11) is 0. The molecule has 1 aliphatic heterocycles. The molecule has 3 aromatic carbocycles. The largest absolute Gasteiger partial charge is 0.490 e. The SMILES string of the molecule is Cc1ccc(N2C(=O)/C(=C\c3ccccc3OCCOc3ccccc3)SC2=S)cc1C. The number of ether oxygens (including phenoxy) is 2. The first-order valence-corrected chi connectivity index (χ1v) is 11.5. The Labute approximate surface area is 197 Å². The van der Waals surface area contributed by atoms with E-state index in [-0.39, 0.29) is 5.91 Å². The van der Waals surface area contributed by atoms with Crippen LogP contribution in [0.5, 0.6) is 11.5 Å². The van der Waals surface area contributed by atoms with Gasteiger partial charge in [-0.05, 0) is 61.4 Å². The second-order valence-corrected chi connectivity index (χ2v) is 9.01. The zero-order valence-corrected chi connectivity index (χ0v) is 19.5. The van der Waals surface area contributed by atoms with E-state index in [1.165, 1.54) is 17.3 Å². The molecule has 0 radical (unpaired) electrons. The summed E-state index contributed by atoms with van der Waals surface area (Å²) in [4.78, 5) is 15.3. The molecule has 0 bridgehead atoms. The van der Waals surface area contributed by atoms with E-state index in [9.17, 15) is 4.79 Å². The molecule has 162 valence electrons. The first kappa shape index (κ1) is 22.1. The highest BCUT2D eigenvalue weighted by molar-refractivity contribution is 8.27. The standard InChI is InChI=1S/C26H23NO3S2/c1-18-12-13-21(16-19(18)2)27-25(28)24(32-26(27)31)17-20-8-6-7-11-23(20)30-15-14-29-22-9-4-3-5-10-22/h3-13,16-17H,14-15H2,1-2H3/b24-17+. The van der Waals surface area contributed by atoms with Gasteiger partial charge in [0.25, 0.3) is 5.91 Å². The van der Waals surface area contributed by atoms with Crippen molar-refractivity contribution in [2.45, 2.75) is 13.8 Å². The molecule has 32 heavy (non-hydrogen) atoms. The van der Waals surface area contributed by atoms with Crippen LogP contribution in [-0.4, -0.2) is 23.4 Å². The van der Waals surface area contributed by atoms with Gasteiger partial charge in [0.05, 0.1) is 10.6 Å². The van der Waals surface area contributed by atoms with Crippen LogP contribution in [0.25, 0.3) is 6.08 Å². The minimum absolute atomic E-state index is 0.120. The van der Waals surface area contributed by atoms with Gasteiger partial charge in [-0.2, -0.15) is 0 Å². The highest BCUT2D eigenvalue weighted by Gasteiger charge is 2.33. The summed E-state index contributed by atoms with van der Waals surface area (Å²) in [6.07, 6.45) is 1.84. The van der Waals surface area contributed by atoms with Gasteiger partial charge >= 0.3 is 0 Å². The van der Waals surface area contributed by atoms with Gasteiger partial charge in [-0.15, -0.1) is 0 Å². The summed E-state index contributed by atoms with van der Waals surface area (Å²) in [5.74, 6) is 1.38. The predicted octanol–water partition coefficient (Wildman–Crippen LogP) is 6.17. The Balaban J connectivity index is 1.47. The molecule has 1 amide bonds. The fourth-order valence-electron chi connectivity index (χ4n) is 3.26. The maximum atomic E-state index is 13.1. The monoisotopic (exact) mass is 461 g/mol. The number of hydrogen-bond acceptors (Lipinski definition) is 5. The average molecular weight is 462 g/mol. The van der Waals surface area contributed by atoms with Crippen molar-refractivity contribution in [3.8, 4) is 11.5 Å². The Kier molecular flexibility index (Phi) is 6.93. The van der Waals surface area contributed by atoms with Gasteiger partial charge in [0.15, 0.2) is 4.32 Å². The smallest absolute Gasteiger partial charge is 0.270 e. The van der Waals surface area contributed by atoms with E-state index in [2.05, 4.69) is 0 Å². The molecule has 0 N–H and O–H groups in total. The Hall–Kier alpha value is -3.09. The van der Waals surface area contributed by atoms with Gasteiger partial charge in [0.2, 0.25) is 0 Å². The molecule has 1 aliphatic rings. The highest BCUT2D eigenvalue weighted by atomic mass is 32.2. The van der Waals surface area contributed by atoms with Crippen LogP contribution in [0.15, 0.2) is 77.7 Å². The maximum Gasteiger partial charge on any atom is 0.270 e. The van der Waals surface area contributed by atoms with Gasteiger partial charge in [-0.25, -0.2) is 0 Å². The third kappa shape index (κ3) is 5.03. The van der Waals surface area contributed by atoms with Crippen LogP contribution >= 0.6 is 24.0 Å². The topological polar surface area (TPSA) is 38.8 Å². The Morgan fingerprint density at radius 1 is 0.906 bits per heavy atom. The number of thiocarbonyl (C=S) groups is 1. The van der Waals surface area contributed by atoms with Crippen molar-refractivity contribution in [1.82, 2.24) is 0 Å². The molecule has 4 nitrogen and oxygen atoms in total. The van der Waals surface area contributed by atoms with E-state index >= 15 is 0 Å². The summed E-state index contributed by atoms with van der Waals surface area (Å²) >= 11 is 6.82. The van der Waals surface area contributed by atoms with Gasteiger partial charge < -0.3 is 9.47 Å². The number of rotatable bonds is 7. The van der Waals surface area contributed by atoms with Crippen molar-refractivity contribution in [2.24, 2.45) is 0 Å². The molecule has 1 saturated heterocycles. The highest BCUT2D eigenvalue weighted by Crippen LogP contribution is 2.37. The number of carbonyl (C=O) groups excluding carboxylic acids is 1. The van der Waals surface area contributed by atoms with Crippen LogP contribution in [0.3, 0.4) is 0 Å². The minimum Gasteiger partial charge on any atom is -0.490 e. The summed E-state index contributed by atoms with van der Waals surface area (Å²) in [5.41, 5.74) is 3.92. The molecule has 1 heterocycles. The van der Waals surface area contributed by atoms with Crippen LogP contribution in [0.4, 0.5) is 5.69 Å². The molecule has 4 rings (SSSR count). The number of nitrogens with zero attached hydrogens (tertiary/aromatic N) is 1. The van der Waals surface area contributed by atoms with Crippen LogP contribution in [0.1, 0.15) is 16.7 Å². The number of carbonyl (C=O) groups is 1. The van der Waals surface area contributed by atoms with Crippen molar-refractivity contribution in [1.29, 1.82) is 0 Å². The number of anilines is 1. The zero-order chi connectivity index (χ0) is 22.5. The minimum atomic E-state index is -0.120. The van der Waals surface area contributed by atoms with E-state index in [0.29, 0.717) is 28.2 Å². The number of hydrogen-bond donors (Lipinski definition) is 0. The Bertz CT molecular complexity index is 1170. The number of amides is 1. The molecule has 0 atom stereocenters. The molecule has 0 saturated carbocycles. The fourth-order valence-corrected chi connectivity index (χ4v) is 4.55. The molecule has 0 aliphatic carbocycles. The molecule has 0 unspecified atom stereocenters. The lowest BCUT2D eigenvalue weighted by Gasteiger charge is -2.16. The van der Waals surface area contributed by atoms with Crippen LogP contribution in [0.2, 0.25) is 0 Å². The van der Waals surface area contributed by atoms with Crippen molar-refractivity contribution < 1.29 is 14.3 Å². The normalized spacial score (nSPS) is 14.8. The van der Waals surface area contributed by atoms with Crippen LogP contribution in [-0.2, 0) is 4.79 Å². The maximum absolute atomic E-state index is 13.1. The van der Waals surface area contributed by atoms with E-state index in [4.69, 9.17) is 21.7 Å². The third-order valence-electron chi connectivity index (χ3n) is 5.10. The number of aryl methyl sites for hydroxylation is 2. The molecule has 6 heteroatoms. The predicted molar refractivity (Wildman–Crippen MR) is 135 cm³/mol. The first-order chi connectivity index (χ1) is 15.5. The van der Waals surface area contributed by atoms with Gasteiger partial charge in [-0.1, -0.05) is 66.4 Å². The van der Waals surface area contributed by atoms with Gasteiger partial charge in [0.1, 0.15) is 24.7 Å². The third-order valence-corrected chi connectivity index (χ3v) is 6.40. The molecular weight excluding hydrogens is 438 g/mol. The van der Waals surface area contributed by atoms with Crippen molar-refractivity contribution in [3.05, 3.63) is 94.4 Å². The van der Waals surface area contributed by atoms with Crippen LogP contribution in [0, 0.1) is 13.8 Å². The summed E-state index contributed by atoms with van der Waals surface area (Å²) in [5, 5.41) is 0. The number of para-hydroxylation sites is 2. The van der Waals surface area contributed by atoms with E-state index in [1.54, 1.807) is 4.90 Å². The second-order valence-electron chi connectivity index (χ2n) is 7.33. The van der Waals surface area contributed by atoms with E-state index in [1.807, 2.05) is 92.7 Å². The van der Waals surface area contributed by atoms with Crippen molar-refractivity contribution in [3.63, 3.8) is 0 Å². The Morgan fingerprint density at radius 3 is 2.41 bits per heavy atom. The lowest BCUT2D eigenvalue weighted by atomic mass is 10.1. The molecule has 0 aromatic heterocycles. The van der Waals surface area contributed by atoms with Crippen molar-refractivity contribution in [2.75, 3.05) is 18.1 Å². The number of thioether (sulfide) groups is 1. The summed E-state index contributed by atoms with van der Waals surface area (Å²) in [6.45, 7) is 4.89. The zero-order valence-electron chi connectivity index (χ0n) is 17.9. The van der Waals surface area contributed by atoms with Gasteiger partial charge in [-0.3, -0.25) is 9.69 Å². The fraction of sp³-hybridized carbons (Fsp3) is 0.154. The van der Waals surface area contributed by atoms with Crippen molar-refractivity contribution >= 4 is 46.0 Å². The molecular formula is C26H23NO3S2. The quantitative estimate of drug-likeness (QED) is 0.239. The molecule has 3 aromatic rings. The molecule has 0 spiro atoms. The first-order valence-electron chi connectivity index (χ1n) is 10.3. The summed E-state index contributed by atoms with van der Waals surface area (Å²) in [6, 6.07) is 23.2. The number of benzene rings is 3. The average Bonchev–Trinajstić information content (AvgIpc) is 3.08. The van der Waals surface area contributed by atoms with E-state index in [0.717, 1.165) is 22.6 Å². The summed E-state index contributed by atoms with van der Waals surface area (Å²) < 4.78 is 12.2. The Morgan fingerprint density at radius 2 is 1.62 bits per heavy atom. The van der Waals surface area contributed by atoms with E-state index < -0.39 is 0 Å². The van der Waals surface area contributed by atoms with Gasteiger partial charge in [0, 0.05) is 5.56 Å². The lowest BCUT2D eigenvalue weighted by Crippen LogP contribution is -2.27. The second kappa shape index (κ2) is 10.0. The molecule has 1 fully saturated rings. The lowest BCUT2D eigenvalue weighted by molar-refractivity contribution is -0.113. The van der Waals surface area contributed by atoms with Crippen LogP contribution < -0.4 is 14.4 Å².